The first-order chi connectivity index (χ1) is 10.7. The Morgan fingerprint density at radius 3 is 2.82 bits per heavy atom. The molecule has 1 amide bonds. The number of hydrogen-bond acceptors (Lipinski definition) is 5. The van der Waals surface area contributed by atoms with Crippen molar-refractivity contribution >= 4 is 34.0 Å². The topological polar surface area (TPSA) is 60.5 Å². The smallest absolute Gasteiger partial charge is 0.252 e. The van der Waals surface area contributed by atoms with E-state index >= 15 is 0 Å². The molecule has 22 heavy (non-hydrogen) atoms. The molecule has 0 spiro atoms. The first-order valence-electron chi connectivity index (χ1n) is 6.73. The Hall–Kier alpha value is -1.47. The molecule has 0 aliphatic rings. The number of amides is 1. The second-order valence-corrected chi connectivity index (χ2v) is 6.08. The van der Waals surface area contributed by atoms with Gasteiger partial charge in [0.2, 0.25) is 0 Å². The zero-order valence-electron chi connectivity index (χ0n) is 12.2. The van der Waals surface area contributed by atoms with E-state index in [1.165, 1.54) is 11.3 Å². The van der Waals surface area contributed by atoms with Crippen LogP contribution in [0.5, 0.6) is 0 Å². The fraction of sp³-hybridized carbons (Fsp3) is 0.333. The number of nitrogens with one attached hydrogen (secondary N) is 1. The lowest BCUT2D eigenvalue weighted by Crippen LogP contribution is -2.19. The van der Waals surface area contributed by atoms with Crippen molar-refractivity contribution in [1.29, 1.82) is 0 Å². The van der Waals surface area contributed by atoms with E-state index in [1.54, 1.807) is 13.3 Å². The highest BCUT2D eigenvalue weighted by molar-refractivity contribution is 7.15. The van der Waals surface area contributed by atoms with Crippen molar-refractivity contribution in [2.75, 3.05) is 32.2 Å². The molecule has 0 unspecified atom stereocenters. The number of halogens is 1. The van der Waals surface area contributed by atoms with Gasteiger partial charge in [0.05, 0.1) is 13.2 Å². The number of aromatic nitrogens is 1. The molecule has 7 heteroatoms. The van der Waals surface area contributed by atoms with E-state index in [0.717, 1.165) is 21.9 Å². The second kappa shape index (κ2) is 8.85. The van der Waals surface area contributed by atoms with E-state index in [9.17, 15) is 4.79 Å². The molecule has 0 saturated heterocycles. The lowest BCUT2D eigenvalue weighted by Gasteiger charge is -2.03. The molecular formula is C15H17ClN2O3S. The van der Waals surface area contributed by atoms with Crippen LogP contribution in [0, 0.1) is 0 Å². The first kappa shape index (κ1) is 16.9. The fourth-order valence-corrected chi connectivity index (χ4v) is 2.70. The maximum absolute atomic E-state index is 11.7. The van der Waals surface area contributed by atoms with Gasteiger partial charge in [-0.3, -0.25) is 10.1 Å². The summed E-state index contributed by atoms with van der Waals surface area (Å²) in [5.41, 5.74) is 1.15. The van der Waals surface area contributed by atoms with Crippen LogP contribution in [0.3, 0.4) is 0 Å². The van der Waals surface area contributed by atoms with Crippen molar-refractivity contribution in [3.8, 4) is 0 Å². The van der Waals surface area contributed by atoms with Gasteiger partial charge in [-0.25, -0.2) is 4.98 Å². The van der Waals surface area contributed by atoms with Crippen LogP contribution in [0.1, 0.15) is 10.4 Å². The number of benzene rings is 1. The van der Waals surface area contributed by atoms with E-state index in [-0.39, 0.29) is 12.5 Å². The molecule has 0 bridgehead atoms. The number of methoxy groups -OCH3 is 1. The van der Waals surface area contributed by atoms with Crippen molar-refractivity contribution in [2.45, 2.75) is 6.42 Å². The van der Waals surface area contributed by atoms with Gasteiger partial charge in [0.25, 0.3) is 5.91 Å². The third-order valence-electron chi connectivity index (χ3n) is 2.76. The molecule has 2 rings (SSSR count). The molecule has 0 saturated carbocycles. The monoisotopic (exact) mass is 340 g/mol. The number of anilines is 1. The predicted octanol–water partition coefficient (Wildman–Crippen LogP) is 2.99. The molecule has 0 aliphatic carbocycles. The molecule has 1 heterocycles. The molecule has 1 aromatic carbocycles. The molecule has 2 aromatic rings. The van der Waals surface area contributed by atoms with Crippen LogP contribution in [0.2, 0.25) is 5.02 Å². The summed E-state index contributed by atoms with van der Waals surface area (Å²) >= 11 is 7.31. The van der Waals surface area contributed by atoms with Gasteiger partial charge in [-0.2, -0.15) is 0 Å². The normalized spacial score (nSPS) is 10.6. The Morgan fingerprint density at radius 1 is 1.32 bits per heavy atom. The van der Waals surface area contributed by atoms with E-state index in [1.807, 2.05) is 24.3 Å². The second-order valence-electron chi connectivity index (χ2n) is 4.53. The number of nitrogens with zero attached hydrogens (tertiary/aromatic N) is 1. The third kappa shape index (κ3) is 5.73. The maximum Gasteiger partial charge on any atom is 0.252 e. The SMILES string of the molecule is COCCOCC(=O)Nc1ncc(Cc2ccc(Cl)cc2)s1. The van der Waals surface area contributed by atoms with Gasteiger partial charge in [-0.05, 0) is 17.7 Å². The number of ether oxygens (including phenoxy) is 2. The molecule has 0 fully saturated rings. The first-order valence-corrected chi connectivity index (χ1v) is 7.92. The molecule has 0 radical (unpaired) electrons. The Labute approximate surface area is 138 Å². The highest BCUT2D eigenvalue weighted by Crippen LogP contribution is 2.21. The summed E-state index contributed by atoms with van der Waals surface area (Å²) in [6, 6.07) is 7.67. The van der Waals surface area contributed by atoms with Gasteiger partial charge in [-0.15, -0.1) is 11.3 Å². The van der Waals surface area contributed by atoms with E-state index in [0.29, 0.717) is 18.3 Å². The summed E-state index contributed by atoms with van der Waals surface area (Å²) in [7, 11) is 1.58. The number of carbonyl (C=O) groups is 1. The minimum atomic E-state index is -0.219. The average Bonchev–Trinajstić information content (AvgIpc) is 2.93. The summed E-state index contributed by atoms with van der Waals surface area (Å²) in [6.07, 6.45) is 2.52. The van der Waals surface area contributed by atoms with Crippen LogP contribution in [-0.2, 0) is 20.7 Å². The van der Waals surface area contributed by atoms with Crippen molar-refractivity contribution in [1.82, 2.24) is 4.98 Å². The van der Waals surface area contributed by atoms with Crippen molar-refractivity contribution in [2.24, 2.45) is 0 Å². The fourth-order valence-electron chi connectivity index (χ4n) is 1.71. The summed E-state index contributed by atoms with van der Waals surface area (Å²) in [6.45, 7) is 0.856. The van der Waals surface area contributed by atoms with Crippen molar-refractivity contribution in [3.63, 3.8) is 0 Å². The summed E-state index contributed by atoms with van der Waals surface area (Å²) in [5, 5.41) is 4.01. The number of carbonyl (C=O) groups excluding carboxylic acids is 1. The quantitative estimate of drug-likeness (QED) is 0.750. The average molecular weight is 341 g/mol. The Kier molecular flexibility index (Phi) is 6.79. The van der Waals surface area contributed by atoms with Crippen LogP contribution >= 0.6 is 22.9 Å². The largest absolute Gasteiger partial charge is 0.382 e. The molecule has 118 valence electrons. The summed E-state index contributed by atoms with van der Waals surface area (Å²) in [4.78, 5) is 16.9. The molecule has 1 N–H and O–H groups in total. The summed E-state index contributed by atoms with van der Waals surface area (Å²) < 4.78 is 9.98. The number of thiazole rings is 1. The minimum Gasteiger partial charge on any atom is -0.382 e. The zero-order valence-corrected chi connectivity index (χ0v) is 13.7. The van der Waals surface area contributed by atoms with Gasteiger partial charge in [-0.1, -0.05) is 23.7 Å². The van der Waals surface area contributed by atoms with Crippen molar-refractivity contribution in [3.05, 3.63) is 45.9 Å². The van der Waals surface area contributed by atoms with E-state index in [4.69, 9.17) is 21.1 Å². The lowest BCUT2D eigenvalue weighted by atomic mass is 10.1. The van der Waals surface area contributed by atoms with E-state index in [2.05, 4.69) is 10.3 Å². The molecule has 0 aliphatic heterocycles. The van der Waals surface area contributed by atoms with Gasteiger partial charge >= 0.3 is 0 Å². The van der Waals surface area contributed by atoms with Crippen molar-refractivity contribution < 1.29 is 14.3 Å². The summed E-state index contributed by atoms with van der Waals surface area (Å²) in [5.74, 6) is -0.219. The predicted molar refractivity (Wildman–Crippen MR) is 87.7 cm³/mol. The molecule has 0 atom stereocenters. The molecular weight excluding hydrogens is 324 g/mol. The van der Waals surface area contributed by atoms with Gasteiger partial charge in [0, 0.05) is 29.6 Å². The Balaban J connectivity index is 1.80. The van der Waals surface area contributed by atoms with Crippen LogP contribution in [-0.4, -0.2) is 37.8 Å². The number of hydrogen-bond donors (Lipinski definition) is 1. The van der Waals surface area contributed by atoms with Gasteiger partial charge in [0.1, 0.15) is 6.61 Å². The van der Waals surface area contributed by atoms with Crippen LogP contribution in [0.15, 0.2) is 30.5 Å². The lowest BCUT2D eigenvalue weighted by molar-refractivity contribution is -0.121. The zero-order chi connectivity index (χ0) is 15.8. The van der Waals surface area contributed by atoms with Crippen LogP contribution in [0.25, 0.3) is 0 Å². The molecule has 1 aromatic heterocycles. The van der Waals surface area contributed by atoms with Gasteiger partial charge in [0.15, 0.2) is 5.13 Å². The van der Waals surface area contributed by atoms with Crippen LogP contribution in [0.4, 0.5) is 5.13 Å². The maximum atomic E-state index is 11.7. The standard InChI is InChI=1S/C15H17ClN2O3S/c1-20-6-7-21-10-14(19)18-15-17-9-13(22-15)8-11-2-4-12(16)5-3-11/h2-5,9H,6-8,10H2,1H3,(H,17,18,19). The van der Waals surface area contributed by atoms with Crippen LogP contribution < -0.4 is 5.32 Å². The minimum absolute atomic E-state index is 0.00451. The number of rotatable bonds is 8. The Morgan fingerprint density at radius 2 is 2.09 bits per heavy atom. The third-order valence-corrected chi connectivity index (χ3v) is 3.92. The molecule has 5 nitrogen and oxygen atoms in total. The van der Waals surface area contributed by atoms with E-state index < -0.39 is 0 Å². The highest BCUT2D eigenvalue weighted by atomic mass is 35.5. The Bertz CT molecular complexity index is 601. The van der Waals surface area contributed by atoms with Gasteiger partial charge < -0.3 is 9.47 Å². The highest BCUT2D eigenvalue weighted by Gasteiger charge is 2.07.